The molecule has 2 rings (SSSR count). The Morgan fingerprint density at radius 1 is 1.31 bits per heavy atom. The number of benzene rings is 1. The third kappa shape index (κ3) is 1.45. The van der Waals surface area contributed by atoms with E-state index < -0.39 is 6.10 Å². The van der Waals surface area contributed by atoms with Crippen LogP contribution in [0.5, 0.6) is 0 Å². The fraction of sp³-hybridized carbons (Fsp3) is 0.200. The number of hydrogen-bond donors (Lipinski definition) is 0. The molecule has 0 aliphatic carbocycles. The van der Waals surface area contributed by atoms with Crippen LogP contribution in [0, 0.1) is 0 Å². The van der Waals surface area contributed by atoms with Gasteiger partial charge in [0.25, 0.3) is 0 Å². The van der Waals surface area contributed by atoms with Crippen LogP contribution in [0.3, 0.4) is 0 Å². The monoisotopic (exact) mass is 176 g/mol. The topological polar surface area (TPSA) is 43.4 Å². The Morgan fingerprint density at radius 3 is 2.46 bits per heavy atom. The van der Waals surface area contributed by atoms with Gasteiger partial charge in [-0.1, -0.05) is 30.3 Å². The predicted octanol–water partition coefficient (Wildman–Crippen LogP) is 1.18. The van der Waals surface area contributed by atoms with Crippen LogP contribution < -0.4 is 0 Å². The van der Waals surface area contributed by atoms with E-state index in [0.29, 0.717) is 5.56 Å². The van der Waals surface area contributed by atoms with Gasteiger partial charge in [0.1, 0.15) is 0 Å². The molecular formula is C10H8O3. The van der Waals surface area contributed by atoms with Crippen LogP contribution in [0.25, 0.3) is 0 Å². The molecule has 3 heteroatoms. The summed E-state index contributed by atoms with van der Waals surface area (Å²) in [5.74, 6) is -0.408. The zero-order valence-corrected chi connectivity index (χ0v) is 6.90. The van der Waals surface area contributed by atoms with Gasteiger partial charge in [0, 0.05) is 5.56 Å². The second-order valence-electron chi connectivity index (χ2n) is 2.91. The van der Waals surface area contributed by atoms with E-state index in [1.165, 1.54) is 0 Å². The lowest BCUT2D eigenvalue weighted by molar-refractivity contribution is -0.164. The summed E-state index contributed by atoms with van der Waals surface area (Å²) in [6, 6.07) is 8.84. The molecule has 1 heterocycles. The second-order valence-corrected chi connectivity index (χ2v) is 2.91. The molecule has 13 heavy (non-hydrogen) atoms. The molecule has 1 aromatic carbocycles. The first-order chi connectivity index (χ1) is 6.27. The van der Waals surface area contributed by atoms with Crippen LogP contribution in [0.1, 0.15) is 16.8 Å². The first-order valence-corrected chi connectivity index (χ1v) is 4.06. The van der Waals surface area contributed by atoms with Crippen molar-refractivity contribution in [2.75, 3.05) is 0 Å². The Balaban J connectivity index is 2.10. The predicted molar refractivity (Wildman–Crippen MR) is 45.3 cm³/mol. The van der Waals surface area contributed by atoms with Crippen LogP contribution >= 0.6 is 0 Å². The summed E-state index contributed by atoms with van der Waals surface area (Å²) in [4.78, 5) is 22.0. The number of hydrogen-bond acceptors (Lipinski definition) is 3. The molecule has 3 nitrogen and oxygen atoms in total. The highest BCUT2D eigenvalue weighted by atomic mass is 16.6. The van der Waals surface area contributed by atoms with Crippen molar-refractivity contribution in [3.8, 4) is 0 Å². The first kappa shape index (κ1) is 7.98. The Bertz CT molecular complexity index is 334. The largest absolute Gasteiger partial charge is 0.453 e. The average molecular weight is 176 g/mol. The first-order valence-electron chi connectivity index (χ1n) is 4.06. The van der Waals surface area contributed by atoms with E-state index in [2.05, 4.69) is 4.74 Å². The summed E-state index contributed by atoms with van der Waals surface area (Å²) in [6.45, 7) is 0. The van der Waals surface area contributed by atoms with Crippen LogP contribution in [-0.2, 0) is 9.53 Å². The SMILES string of the molecule is O=C1CC(C(=O)c2ccccc2)O1. The van der Waals surface area contributed by atoms with Crippen molar-refractivity contribution < 1.29 is 14.3 Å². The molecule has 0 bridgehead atoms. The number of cyclic esters (lactones) is 1. The Kier molecular flexibility index (Phi) is 1.85. The third-order valence-corrected chi connectivity index (χ3v) is 1.98. The van der Waals surface area contributed by atoms with Gasteiger partial charge in [-0.05, 0) is 0 Å². The Morgan fingerprint density at radius 2 is 1.92 bits per heavy atom. The normalized spacial score (nSPS) is 20.3. The molecule has 66 valence electrons. The van der Waals surface area contributed by atoms with E-state index >= 15 is 0 Å². The molecule has 1 unspecified atom stereocenters. The van der Waals surface area contributed by atoms with Crippen molar-refractivity contribution in [2.24, 2.45) is 0 Å². The van der Waals surface area contributed by atoms with E-state index in [1.54, 1.807) is 24.3 Å². The summed E-state index contributed by atoms with van der Waals surface area (Å²) >= 11 is 0. The van der Waals surface area contributed by atoms with Crippen LogP contribution in [0.4, 0.5) is 0 Å². The highest BCUT2D eigenvalue weighted by Gasteiger charge is 2.35. The van der Waals surface area contributed by atoms with Gasteiger partial charge in [0.2, 0.25) is 5.78 Å². The van der Waals surface area contributed by atoms with Crippen LogP contribution in [0.2, 0.25) is 0 Å². The van der Waals surface area contributed by atoms with Crippen molar-refractivity contribution in [1.82, 2.24) is 0 Å². The molecule has 1 aromatic rings. The van der Waals surface area contributed by atoms with Gasteiger partial charge in [-0.25, -0.2) is 0 Å². The minimum absolute atomic E-state index is 0.111. The molecule has 0 saturated carbocycles. The van der Waals surface area contributed by atoms with Gasteiger partial charge in [-0.2, -0.15) is 0 Å². The zero-order valence-electron chi connectivity index (χ0n) is 6.90. The molecule has 1 atom stereocenters. The van der Waals surface area contributed by atoms with Crippen molar-refractivity contribution in [2.45, 2.75) is 12.5 Å². The maximum absolute atomic E-state index is 11.5. The number of carbonyl (C=O) groups is 2. The summed E-state index contributed by atoms with van der Waals surface area (Å²) in [5, 5.41) is 0. The molecule has 0 radical (unpaired) electrons. The molecule has 0 aromatic heterocycles. The van der Waals surface area contributed by atoms with Crippen molar-refractivity contribution >= 4 is 11.8 Å². The van der Waals surface area contributed by atoms with Crippen LogP contribution in [0.15, 0.2) is 30.3 Å². The van der Waals surface area contributed by atoms with Gasteiger partial charge in [0.15, 0.2) is 6.10 Å². The fourth-order valence-electron chi connectivity index (χ4n) is 1.23. The maximum atomic E-state index is 11.5. The molecule has 0 N–H and O–H groups in total. The lowest BCUT2D eigenvalue weighted by Crippen LogP contribution is -2.39. The minimum Gasteiger partial charge on any atom is -0.453 e. The molecule has 1 fully saturated rings. The third-order valence-electron chi connectivity index (χ3n) is 1.98. The fourth-order valence-corrected chi connectivity index (χ4v) is 1.23. The standard InChI is InChI=1S/C10H8O3/c11-9-6-8(13-9)10(12)7-4-2-1-3-5-7/h1-5,8H,6H2. The van der Waals surface area contributed by atoms with Crippen molar-refractivity contribution in [1.29, 1.82) is 0 Å². The van der Waals surface area contributed by atoms with E-state index in [4.69, 9.17) is 0 Å². The Hall–Kier alpha value is -1.64. The summed E-state index contributed by atoms with van der Waals surface area (Å²) in [7, 11) is 0. The molecular weight excluding hydrogens is 168 g/mol. The van der Waals surface area contributed by atoms with Gasteiger partial charge < -0.3 is 4.74 Å². The highest BCUT2D eigenvalue weighted by Crippen LogP contribution is 2.18. The lowest BCUT2D eigenvalue weighted by atomic mass is 10.0. The summed E-state index contributed by atoms with van der Waals surface area (Å²) in [6.07, 6.45) is -0.330. The lowest BCUT2D eigenvalue weighted by Gasteiger charge is -2.23. The average Bonchev–Trinajstić information content (AvgIpc) is 2.13. The van der Waals surface area contributed by atoms with Crippen LogP contribution in [-0.4, -0.2) is 17.9 Å². The van der Waals surface area contributed by atoms with Gasteiger partial charge in [0.05, 0.1) is 6.42 Å². The number of ketones is 1. The number of carbonyl (C=O) groups excluding carboxylic acids is 2. The molecule has 0 spiro atoms. The molecule has 1 aliphatic heterocycles. The summed E-state index contributed by atoms with van der Waals surface area (Å²) < 4.78 is 4.67. The Labute approximate surface area is 75.3 Å². The zero-order chi connectivity index (χ0) is 9.26. The minimum atomic E-state index is -0.546. The van der Waals surface area contributed by atoms with E-state index in [0.717, 1.165) is 0 Å². The molecule has 0 amide bonds. The number of Topliss-reactive ketones (excluding diaryl/α,β-unsaturated/α-hetero) is 1. The van der Waals surface area contributed by atoms with Crippen molar-refractivity contribution in [3.05, 3.63) is 35.9 Å². The maximum Gasteiger partial charge on any atom is 0.310 e. The number of esters is 1. The van der Waals surface area contributed by atoms with E-state index in [-0.39, 0.29) is 18.2 Å². The number of ether oxygens (including phenoxy) is 1. The summed E-state index contributed by atoms with van der Waals surface area (Å²) in [5.41, 5.74) is 0.597. The van der Waals surface area contributed by atoms with E-state index in [9.17, 15) is 9.59 Å². The second kappa shape index (κ2) is 3.01. The molecule has 1 saturated heterocycles. The highest BCUT2D eigenvalue weighted by molar-refractivity contribution is 6.04. The van der Waals surface area contributed by atoms with Gasteiger partial charge >= 0.3 is 5.97 Å². The van der Waals surface area contributed by atoms with Gasteiger partial charge in [-0.15, -0.1) is 0 Å². The van der Waals surface area contributed by atoms with E-state index in [1.807, 2.05) is 6.07 Å². The quantitative estimate of drug-likeness (QED) is 0.502. The number of rotatable bonds is 2. The smallest absolute Gasteiger partial charge is 0.310 e. The van der Waals surface area contributed by atoms with Crippen molar-refractivity contribution in [3.63, 3.8) is 0 Å². The van der Waals surface area contributed by atoms with Gasteiger partial charge in [-0.3, -0.25) is 9.59 Å². The molecule has 1 aliphatic rings.